The number of hydrogen-bond acceptors (Lipinski definition) is 3. The molecule has 2 amide bonds. The Kier molecular flexibility index (Phi) is 8.64. The number of guanidine groups is 1. The number of nitrogens with two attached hydrogens (primary N) is 1. The third kappa shape index (κ3) is 6.45. The van der Waals surface area contributed by atoms with E-state index < -0.39 is 0 Å². The van der Waals surface area contributed by atoms with E-state index in [0.717, 1.165) is 11.3 Å². The number of piperazine rings is 1. The Labute approximate surface area is 194 Å². The number of carbonyl (C=O) groups excluding carboxylic acids is 2. The van der Waals surface area contributed by atoms with Crippen LogP contribution in [0.5, 0.6) is 0 Å². The molecule has 7 nitrogen and oxygen atoms in total. The number of anilines is 1. The van der Waals surface area contributed by atoms with Crippen molar-refractivity contribution >= 4 is 47.4 Å². The van der Waals surface area contributed by atoms with Crippen molar-refractivity contribution in [3.05, 3.63) is 65.2 Å². The van der Waals surface area contributed by atoms with E-state index in [4.69, 9.17) is 5.73 Å². The average molecular weight is 521 g/mol. The molecule has 160 valence electrons. The summed E-state index contributed by atoms with van der Waals surface area (Å²) >= 11 is 0. The zero-order valence-electron chi connectivity index (χ0n) is 17.2. The molecule has 0 unspecified atom stereocenters. The van der Waals surface area contributed by atoms with Crippen LogP contribution in [-0.4, -0.2) is 42.3 Å². The van der Waals surface area contributed by atoms with Gasteiger partial charge in [0.1, 0.15) is 0 Å². The molecule has 2 aromatic carbocycles. The average Bonchev–Trinajstić information content (AvgIpc) is 2.72. The fraction of sp³-hybridized carbons (Fsp3) is 0.318. The molecule has 0 atom stereocenters. The highest BCUT2D eigenvalue weighted by atomic mass is 127. The first-order valence-corrected chi connectivity index (χ1v) is 9.74. The highest BCUT2D eigenvalue weighted by Gasteiger charge is 2.22. The minimum Gasteiger partial charge on any atom is -0.370 e. The molecular formula is C22H28IN5O2. The number of amides is 2. The standard InChI is InChI=1S/C22H27N5O2.HI/c1-15(2)18-4-3-5-19(12-18)26-22(23)25-13-16-6-8-17(9-7-16)21(29)27-11-10-24-20(28)14-27;/h3-9,12,15H,10-11,13-14H2,1-2H3,(H,24,28)(H3,23,25,26);1H. The second-order valence-corrected chi connectivity index (χ2v) is 7.38. The minimum atomic E-state index is -0.138. The van der Waals surface area contributed by atoms with Crippen LogP contribution in [-0.2, 0) is 11.3 Å². The summed E-state index contributed by atoms with van der Waals surface area (Å²) in [5, 5.41) is 5.83. The molecule has 4 N–H and O–H groups in total. The van der Waals surface area contributed by atoms with E-state index in [2.05, 4.69) is 41.6 Å². The quantitative estimate of drug-likeness (QED) is 0.320. The van der Waals surface area contributed by atoms with Gasteiger partial charge >= 0.3 is 0 Å². The molecule has 1 fully saturated rings. The molecule has 0 bridgehead atoms. The van der Waals surface area contributed by atoms with Crippen LogP contribution in [0.15, 0.2) is 53.5 Å². The predicted molar refractivity (Wildman–Crippen MR) is 130 cm³/mol. The molecule has 0 aromatic heterocycles. The molecule has 30 heavy (non-hydrogen) atoms. The van der Waals surface area contributed by atoms with Gasteiger partial charge in [0.15, 0.2) is 5.96 Å². The van der Waals surface area contributed by atoms with Crippen molar-refractivity contribution in [1.29, 1.82) is 0 Å². The number of carbonyl (C=O) groups is 2. The molecule has 1 saturated heterocycles. The molecule has 2 aromatic rings. The van der Waals surface area contributed by atoms with Gasteiger partial charge in [0.2, 0.25) is 5.91 Å². The summed E-state index contributed by atoms with van der Waals surface area (Å²) in [6.45, 7) is 5.81. The maximum Gasteiger partial charge on any atom is 0.254 e. The number of rotatable bonds is 5. The van der Waals surface area contributed by atoms with Crippen LogP contribution in [0.4, 0.5) is 5.69 Å². The van der Waals surface area contributed by atoms with E-state index in [9.17, 15) is 9.59 Å². The van der Waals surface area contributed by atoms with Crippen LogP contribution < -0.4 is 16.4 Å². The molecule has 1 heterocycles. The van der Waals surface area contributed by atoms with Gasteiger partial charge in [-0.1, -0.05) is 38.1 Å². The lowest BCUT2D eigenvalue weighted by atomic mass is 10.0. The van der Waals surface area contributed by atoms with E-state index in [1.165, 1.54) is 5.56 Å². The Morgan fingerprint density at radius 2 is 1.97 bits per heavy atom. The third-order valence-electron chi connectivity index (χ3n) is 4.78. The summed E-state index contributed by atoms with van der Waals surface area (Å²) in [5.41, 5.74) is 9.65. The van der Waals surface area contributed by atoms with Gasteiger partial charge in [-0.25, -0.2) is 4.99 Å². The Morgan fingerprint density at radius 1 is 1.23 bits per heavy atom. The Bertz CT molecular complexity index is 912. The number of nitrogens with zero attached hydrogens (tertiary/aromatic N) is 2. The first-order chi connectivity index (χ1) is 13.9. The second-order valence-electron chi connectivity index (χ2n) is 7.38. The van der Waals surface area contributed by atoms with E-state index in [-0.39, 0.29) is 42.3 Å². The predicted octanol–water partition coefficient (Wildman–Crippen LogP) is 2.93. The van der Waals surface area contributed by atoms with Crippen molar-refractivity contribution in [2.45, 2.75) is 26.3 Å². The van der Waals surface area contributed by atoms with Gasteiger partial charge in [0.25, 0.3) is 5.91 Å². The summed E-state index contributed by atoms with van der Waals surface area (Å²) in [6, 6.07) is 15.3. The number of aliphatic imine (C=N–C) groups is 1. The van der Waals surface area contributed by atoms with Gasteiger partial charge < -0.3 is 21.3 Å². The molecule has 8 heteroatoms. The van der Waals surface area contributed by atoms with Crippen molar-refractivity contribution in [2.24, 2.45) is 10.7 Å². The Balaban J connectivity index is 0.00000320. The van der Waals surface area contributed by atoms with Crippen LogP contribution in [0.25, 0.3) is 0 Å². The van der Waals surface area contributed by atoms with Gasteiger partial charge in [-0.2, -0.15) is 0 Å². The second kappa shape index (κ2) is 11.0. The van der Waals surface area contributed by atoms with Crippen molar-refractivity contribution in [2.75, 3.05) is 25.0 Å². The summed E-state index contributed by atoms with van der Waals surface area (Å²) in [4.78, 5) is 29.9. The SMILES string of the molecule is CC(C)c1cccc(NC(N)=NCc2ccc(C(=O)N3CCNC(=O)C3)cc2)c1.I. The van der Waals surface area contributed by atoms with Crippen LogP contribution in [0.2, 0.25) is 0 Å². The van der Waals surface area contributed by atoms with Crippen LogP contribution in [0.3, 0.4) is 0 Å². The molecule has 0 spiro atoms. The lowest BCUT2D eigenvalue weighted by Gasteiger charge is -2.26. The maximum absolute atomic E-state index is 12.5. The topological polar surface area (TPSA) is 99.8 Å². The van der Waals surface area contributed by atoms with Crippen molar-refractivity contribution in [1.82, 2.24) is 10.2 Å². The van der Waals surface area contributed by atoms with Gasteiger partial charge in [0, 0.05) is 24.3 Å². The van der Waals surface area contributed by atoms with Crippen LogP contribution >= 0.6 is 24.0 Å². The zero-order chi connectivity index (χ0) is 20.8. The highest BCUT2D eigenvalue weighted by Crippen LogP contribution is 2.18. The van der Waals surface area contributed by atoms with Crippen molar-refractivity contribution < 1.29 is 9.59 Å². The zero-order valence-corrected chi connectivity index (χ0v) is 19.6. The van der Waals surface area contributed by atoms with Crippen molar-refractivity contribution in [3.8, 4) is 0 Å². The van der Waals surface area contributed by atoms with Gasteiger partial charge in [0.05, 0.1) is 13.1 Å². The van der Waals surface area contributed by atoms with E-state index in [1.54, 1.807) is 17.0 Å². The maximum atomic E-state index is 12.5. The molecule has 1 aliphatic heterocycles. The largest absolute Gasteiger partial charge is 0.370 e. The fourth-order valence-electron chi connectivity index (χ4n) is 3.09. The number of hydrogen-bond donors (Lipinski definition) is 3. The third-order valence-corrected chi connectivity index (χ3v) is 4.78. The lowest BCUT2D eigenvalue weighted by molar-refractivity contribution is -0.123. The molecule has 3 rings (SSSR count). The first kappa shape index (κ1) is 23.7. The molecule has 0 aliphatic carbocycles. The first-order valence-electron chi connectivity index (χ1n) is 9.74. The van der Waals surface area contributed by atoms with Gasteiger partial charge in [-0.05, 0) is 41.3 Å². The summed E-state index contributed by atoms with van der Waals surface area (Å²) < 4.78 is 0. The summed E-state index contributed by atoms with van der Waals surface area (Å²) in [6.07, 6.45) is 0. The van der Waals surface area contributed by atoms with E-state index in [0.29, 0.717) is 37.1 Å². The number of benzene rings is 2. The molecule has 1 aliphatic rings. The van der Waals surface area contributed by atoms with E-state index in [1.807, 2.05) is 24.3 Å². The van der Waals surface area contributed by atoms with Crippen LogP contribution in [0.1, 0.15) is 41.3 Å². The monoisotopic (exact) mass is 521 g/mol. The normalized spacial score (nSPS) is 14.2. The molecular weight excluding hydrogens is 493 g/mol. The summed E-state index contributed by atoms with van der Waals surface area (Å²) in [7, 11) is 0. The van der Waals surface area contributed by atoms with Crippen molar-refractivity contribution in [3.63, 3.8) is 0 Å². The fourth-order valence-corrected chi connectivity index (χ4v) is 3.09. The summed E-state index contributed by atoms with van der Waals surface area (Å²) in [5.74, 6) is 0.513. The lowest BCUT2D eigenvalue weighted by Crippen LogP contribution is -2.49. The Morgan fingerprint density at radius 3 is 2.63 bits per heavy atom. The Hall–Kier alpha value is -2.62. The number of nitrogens with one attached hydrogen (secondary N) is 2. The van der Waals surface area contributed by atoms with Gasteiger partial charge in [-0.3, -0.25) is 9.59 Å². The highest BCUT2D eigenvalue weighted by molar-refractivity contribution is 14.0. The molecule has 0 radical (unpaired) electrons. The van der Waals surface area contributed by atoms with E-state index >= 15 is 0 Å². The molecule has 0 saturated carbocycles. The van der Waals surface area contributed by atoms with Gasteiger partial charge in [-0.15, -0.1) is 24.0 Å². The smallest absolute Gasteiger partial charge is 0.254 e. The van der Waals surface area contributed by atoms with Crippen LogP contribution in [0, 0.1) is 0 Å². The number of halogens is 1. The minimum absolute atomic E-state index is 0.